The molecular weight excluding hydrogens is 298 g/mol. The predicted octanol–water partition coefficient (Wildman–Crippen LogP) is 4.47. The Balaban J connectivity index is 1.92. The van der Waals surface area contributed by atoms with E-state index in [9.17, 15) is 0 Å². The first-order valence-corrected chi connectivity index (χ1v) is 8.52. The maximum atomic E-state index is 6.43. The van der Waals surface area contributed by atoms with E-state index >= 15 is 0 Å². The number of hydrogen-bond acceptors (Lipinski definition) is 3. The summed E-state index contributed by atoms with van der Waals surface area (Å²) in [6.45, 7) is 5.88. The van der Waals surface area contributed by atoms with Gasteiger partial charge in [0.2, 0.25) is 0 Å². The van der Waals surface area contributed by atoms with Crippen molar-refractivity contribution in [1.82, 2.24) is 4.90 Å². The Kier molecular flexibility index (Phi) is 5.55. The molecule has 1 heterocycles. The van der Waals surface area contributed by atoms with Crippen LogP contribution in [0.25, 0.3) is 0 Å². The molecule has 1 aliphatic rings. The topological polar surface area (TPSA) is 21.7 Å². The summed E-state index contributed by atoms with van der Waals surface area (Å²) < 4.78 is 11.8. The van der Waals surface area contributed by atoms with Crippen molar-refractivity contribution in [3.63, 3.8) is 0 Å². The predicted molar refractivity (Wildman–Crippen MR) is 97.6 cm³/mol. The summed E-state index contributed by atoms with van der Waals surface area (Å²) >= 11 is 0. The van der Waals surface area contributed by atoms with Crippen LogP contribution in [-0.4, -0.2) is 31.1 Å². The van der Waals surface area contributed by atoms with Crippen LogP contribution in [0.15, 0.2) is 67.3 Å². The van der Waals surface area contributed by atoms with Gasteiger partial charge in [0.05, 0.1) is 13.2 Å². The highest BCUT2D eigenvalue weighted by molar-refractivity contribution is 5.32. The van der Waals surface area contributed by atoms with Gasteiger partial charge in [-0.05, 0) is 49.2 Å². The van der Waals surface area contributed by atoms with E-state index in [0.717, 1.165) is 36.6 Å². The van der Waals surface area contributed by atoms with Gasteiger partial charge in [-0.15, -0.1) is 6.58 Å². The van der Waals surface area contributed by atoms with Crippen molar-refractivity contribution in [2.75, 3.05) is 20.2 Å². The zero-order valence-corrected chi connectivity index (χ0v) is 14.2. The molecule has 2 atom stereocenters. The molecule has 3 rings (SSSR count). The van der Waals surface area contributed by atoms with Crippen LogP contribution in [0, 0.1) is 0 Å². The molecule has 0 unspecified atom stereocenters. The van der Waals surface area contributed by atoms with Gasteiger partial charge in [-0.2, -0.15) is 0 Å². The second-order valence-electron chi connectivity index (χ2n) is 6.12. The van der Waals surface area contributed by atoms with Crippen molar-refractivity contribution in [2.45, 2.75) is 25.0 Å². The normalized spacial score (nSPS) is 19.0. The van der Waals surface area contributed by atoms with E-state index < -0.39 is 0 Å². The number of nitrogens with zero attached hydrogens (tertiary/aromatic N) is 1. The van der Waals surface area contributed by atoms with Crippen molar-refractivity contribution in [2.24, 2.45) is 0 Å². The lowest BCUT2D eigenvalue weighted by Gasteiger charge is -2.32. The minimum atomic E-state index is -0.0232. The summed E-state index contributed by atoms with van der Waals surface area (Å²) in [7, 11) is 1.70. The molecule has 0 aromatic heterocycles. The minimum absolute atomic E-state index is 0.0232. The molecule has 0 radical (unpaired) electrons. The van der Waals surface area contributed by atoms with E-state index in [0.29, 0.717) is 6.04 Å². The number of benzene rings is 2. The molecule has 3 heteroatoms. The number of rotatable bonds is 7. The third kappa shape index (κ3) is 3.80. The zero-order chi connectivity index (χ0) is 16.8. The standard InChI is InChI=1S/C21H25NO2/c1-3-14-22-15-8-13-20(22)21(24-18-10-5-4-6-11-18)17-9-7-12-19(16-17)23-2/h3-7,9-12,16,20-21H,1,8,13-15H2,2H3/t20-,21-/m0/s1. The van der Waals surface area contributed by atoms with E-state index in [2.05, 4.69) is 23.6 Å². The first kappa shape index (κ1) is 16.6. The van der Waals surface area contributed by atoms with E-state index in [1.807, 2.05) is 48.5 Å². The van der Waals surface area contributed by atoms with Gasteiger partial charge < -0.3 is 9.47 Å². The maximum Gasteiger partial charge on any atom is 0.139 e. The Labute approximate surface area is 144 Å². The SMILES string of the molecule is C=CCN1CCC[C@H]1[C@@H](Oc1ccccc1)c1cccc(OC)c1. The monoisotopic (exact) mass is 323 g/mol. The molecule has 1 fully saturated rings. The highest BCUT2D eigenvalue weighted by Gasteiger charge is 2.33. The summed E-state index contributed by atoms with van der Waals surface area (Å²) in [6.07, 6.45) is 4.27. The number of methoxy groups -OCH3 is 1. The highest BCUT2D eigenvalue weighted by Crippen LogP contribution is 2.34. The molecule has 1 aliphatic heterocycles. The van der Waals surface area contributed by atoms with Crippen molar-refractivity contribution in [3.05, 3.63) is 72.8 Å². The highest BCUT2D eigenvalue weighted by atomic mass is 16.5. The first-order valence-electron chi connectivity index (χ1n) is 8.52. The van der Waals surface area contributed by atoms with E-state index in [1.54, 1.807) is 7.11 Å². The van der Waals surface area contributed by atoms with Crippen LogP contribution in [-0.2, 0) is 0 Å². The van der Waals surface area contributed by atoms with Gasteiger partial charge in [-0.25, -0.2) is 0 Å². The first-order chi connectivity index (χ1) is 11.8. The van der Waals surface area contributed by atoms with Gasteiger partial charge in [0.1, 0.15) is 17.6 Å². The van der Waals surface area contributed by atoms with E-state index in [4.69, 9.17) is 9.47 Å². The van der Waals surface area contributed by atoms with Crippen LogP contribution >= 0.6 is 0 Å². The van der Waals surface area contributed by atoms with Crippen molar-refractivity contribution in [3.8, 4) is 11.5 Å². The minimum Gasteiger partial charge on any atom is -0.497 e. The van der Waals surface area contributed by atoms with Gasteiger partial charge in [0.15, 0.2) is 0 Å². The number of likely N-dealkylation sites (tertiary alicyclic amines) is 1. The van der Waals surface area contributed by atoms with E-state index in [-0.39, 0.29) is 6.10 Å². The molecule has 24 heavy (non-hydrogen) atoms. The third-order valence-corrected chi connectivity index (χ3v) is 4.56. The number of hydrogen-bond donors (Lipinski definition) is 0. The Hall–Kier alpha value is -2.26. The average molecular weight is 323 g/mol. The fourth-order valence-corrected chi connectivity index (χ4v) is 3.42. The van der Waals surface area contributed by atoms with Crippen LogP contribution in [0.2, 0.25) is 0 Å². The summed E-state index contributed by atoms with van der Waals surface area (Å²) in [4.78, 5) is 2.46. The molecule has 0 spiro atoms. The van der Waals surface area contributed by atoms with Crippen LogP contribution in [0.5, 0.6) is 11.5 Å². The molecule has 0 amide bonds. The molecule has 2 aromatic carbocycles. The fraction of sp³-hybridized carbons (Fsp3) is 0.333. The molecular formula is C21H25NO2. The van der Waals surface area contributed by atoms with Gasteiger partial charge in [-0.1, -0.05) is 36.4 Å². The summed E-state index contributed by atoms with van der Waals surface area (Å²) in [5.74, 6) is 1.76. The van der Waals surface area contributed by atoms with Gasteiger partial charge >= 0.3 is 0 Å². The molecule has 3 nitrogen and oxygen atoms in total. The Morgan fingerprint density at radius 2 is 1.96 bits per heavy atom. The quantitative estimate of drug-likeness (QED) is 0.702. The van der Waals surface area contributed by atoms with E-state index in [1.165, 1.54) is 6.42 Å². The lowest BCUT2D eigenvalue weighted by atomic mass is 9.99. The van der Waals surface area contributed by atoms with Crippen molar-refractivity contribution in [1.29, 1.82) is 0 Å². The molecule has 0 bridgehead atoms. The summed E-state index contributed by atoms with van der Waals surface area (Å²) in [5.41, 5.74) is 1.15. The number of ether oxygens (including phenoxy) is 2. The molecule has 2 aromatic rings. The zero-order valence-electron chi connectivity index (χ0n) is 14.2. The second-order valence-corrected chi connectivity index (χ2v) is 6.12. The third-order valence-electron chi connectivity index (χ3n) is 4.56. The van der Waals surface area contributed by atoms with Crippen LogP contribution in [0.4, 0.5) is 0 Å². The van der Waals surface area contributed by atoms with Crippen LogP contribution in [0.3, 0.4) is 0 Å². The lowest BCUT2D eigenvalue weighted by Crippen LogP contribution is -2.37. The molecule has 0 N–H and O–H groups in total. The Morgan fingerprint density at radius 1 is 1.17 bits per heavy atom. The second kappa shape index (κ2) is 8.02. The maximum absolute atomic E-state index is 6.43. The van der Waals surface area contributed by atoms with Gasteiger partial charge in [0, 0.05) is 6.54 Å². The van der Waals surface area contributed by atoms with Crippen molar-refractivity contribution >= 4 is 0 Å². The van der Waals surface area contributed by atoms with Crippen molar-refractivity contribution < 1.29 is 9.47 Å². The smallest absolute Gasteiger partial charge is 0.139 e. The molecule has 0 aliphatic carbocycles. The van der Waals surface area contributed by atoms with Crippen LogP contribution in [0.1, 0.15) is 24.5 Å². The summed E-state index contributed by atoms with van der Waals surface area (Å²) in [5, 5.41) is 0. The Morgan fingerprint density at radius 3 is 2.71 bits per heavy atom. The largest absolute Gasteiger partial charge is 0.497 e. The Bertz CT molecular complexity index is 656. The lowest BCUT2D eigenvalue weighted by molar-refractivity contribution is 0.0989. The molecule has 1 saturated heterocycles. The molecule has 126 valence electrons. The van der Waals surface area contributed by atoms with Crippen LogP contribution < -0.4 is 9.47 Å². The molecule has 0 saturated carbocycles. The number of para-hydroxylation sites is 1. The average Bonchev–Trinajstić information content (AvgIpc) is 3.09. The van der Waals surface area contributed by atoms with Gasteiger partial charge in [-0.3, -0.25) is 4.90 Å². The van der Waals surface area contributed by atoms with Gasteiger partial charge in [0.25, 0.3) is 0 Å². The summed E-state index contributed by atoms with van der Waals surface area (Å²) in [6, 6.07) is 18.6. The fourth-order valence-electron chi connectivity index (χ4n) is 3.42.